The number of hydrogen-bond donors (Lipinski definition) is 5. The van der Waals surface area contributed by atoms with E-state index in [-0.39, 0.29) is 12.5 Å². The van der Waals surface area contributed by atoms with Crippen molar-refractivity contribution >= 4 is 23.6 Å². The van der Waals surface area contributed by atoms with Crippen molar-refractivity contribution in [2.24, 2.45) is 17.4 Å². The number of aliphatic hydroxyl groups is 2. The zero-order valence-corrected chi connectivity index (χ0v) is 16.8. The minimum absolute atomic E-state index is 0.150. The average molecular weight is 413 g/mol. The highest BCUT2D eigenvalue weighted by Crippen LogP contribution is 2.24. The van der Waals surface area contributed by atoms with Gasteiger partial charge < -0.3 is 36.8 Å². The van der Waals surface area contributed by atoms with Crippen molar-refractivity contribution in [3.8, 4) is 0 Å². The van der Waals surface area contributed by atoms with Crippen LogP contribution in [-0.2, 0) is 19.2 Å². The molecule has 29 heavy (non-hydrogen) atoms. The van der Waals surface area contributed by atoms with E-state index in [0.29, 0.717) is 32.4 Å². The quantitative estimate of drug-likeness (QED) is 0.293. The summed E-state index contributed by atoms with van der Waals surface area (Å²) in [6, 6.07) is -2.95. The predicted molar refractivity (Wildman–Crippen MR) is 102 cm³/mol. The molecule has 0 spiro atoms. The summed E-state index contributed by atoms with van der Waals surface area (Å²) < 4.78 is 0. The van der Waals surface area contributed by atoms with Crippen molar-refractivity contribution in [1.29, 1.82) is 0 Å². The molecule has 0 aromatic rings. The van der Waals surface area contributed by atoms with Gasteiger partial charge in [-0.05, 0) is 33.1 Å². The molecular weight excluding hydrogens is 382 g/mol. The number of nitrogens with one attached hydrogen (secondary N) is 1. The second-order valence-corrected chi connectivity index (χ2v) is 7.86. The Kier molecular flexibility index (Phi) is 7.55. The van der Waals surface area contributed by atoms with E-state index in [1.807, 2.05) is 0 Å². The van der Waals surface area contributed by atoms with Gasteiger partial charge in [-0.2, -0.15) is 0 Å². The summed E-state index contributed by atoms with van der Waals surface area (Å²) in [6.45, 7) is 3.66. The molecule has 2 fully saturated rings. The maximum atomic E-state index is 12.9. The molecule has 1 unspecified atom stereocenters. The molecule has 2 heterocycles. The lowest BCUT2D eigenvalue weighted by Crippen LogP contribution is -2.55. The van der Waals surface area contributed by atoms with Gasteiger partial charge in [-0.25, -0.2) is 0 Å². The number of hydrogen-bond acceptors (Lipinski definition) is 7. The molecular formula is C18H31N5O6. The van der Waals surface area contributed by atoms with E-state index in [0.717, 1.165) is 0 Å². The van der Waals surface area contributed by atoms with Gasteiger partial charge in [0.1, 0.15) is 18.1 Å². The van der Waals surface area contributed by atoms with Crippen molar-refractivity contribution in [2.45, 2.75) is 63.4 Å². The molecule has 0 radical (unpaired) electrons. The summed E-state index contributed by atoms with van der Waals surface area (Å²) in [4.78, 5) is 52.1. The van der Waals surface area contributed by atoms with E-state index in [4.69, 9.17) is 11.5 Å². The van der Waals surface area contributed by atoms with Crippen LogP contribution in [0.4, 0.5) is 0 Å². The van der Waals surface area contributed by atoms with Crippen LogP contribution in [0.15, 0.2) is 0 Å². The Morgan fingerprint density at radius 2 is 1.72 bits per heavy atom. The molecule has 0 aromatic carbocycles. The molecule has 2 aliphatic rings. The lowest BCUT2D eigenvalue weighted by Gasteiger charge is -2.30. The molecule has 2 saturated heterocycles. The van der Waals surface area contributed by atoms with E-state index in [2.05, 4.69) is 5.32 Å². The van der Waals surface area contributed by atoms with Crippen LogP contribution in [-0.4, -0.2) is 93.6 Å². The van der Waals surface area contributed by atoms with E-state index < -0.39 is 54.0 Å². The first kappa shape index (κ1) is 23.0. The normalized spacial score (nSPS) is 26.0. The zero-order chi connectivity index (χ0) is 21.9. The number of carbonyl (C=O) groups is 4. The molecule has 164 valence electrons. The predicted octanol–water partition coefficient (Wildman–Crippen LogP) is -3.12. The third kappa shape index (κ3) is 5.22. The maximum absolute atomic E-state index is 12.9. The number of carbonyl (C=O) groups excluding carboxylic acids is 4. The molecule has 0 saturated carbocycles. The molecule has 2 aliphatic heterocycles. The summed E-state index contributed by atoms with van der Waals surface area (Å²) >= 11 is 0. The summed E-state index contributed by atoms with van der Waals surface area (Å²) in [6.07, 6.45) is -0.605. The molecule has 2 rings (SSSR count). The Morgan fingerprint density at radius 1 is 1.07 bits per heavy atom. The topological polar surface area (TPSA) is 179 Å². The number of amides is 4. The van der Waals surface area contributed by atoms with Crippen LogP contribution >= 0.6 is 0 Å². The van der Waals surface area contributed by atoms with Crippen molar-refractivity contribution in [1.82, 2.24) is 15.1 Å². The van der Waals surface area contributed by atoms with Crippen molar-refractivity contribution in [3.05, 3.63) is 0 Å². The van der Waals surface area contributed by atoms with E-state index in [1.54, 1.807) is 0 Å². The van der Waals surface area contributed by atoms with Gasteiger partial charge in [0.05, 0.1) is 18.1 Å². The fraction of sp³-hybridized carbons (Fsp3) is 0.778. The van der Waals surface area contributed by atoms with Crippen LogP contribution in [0.1, 0.15) is 33.1 Å². The molecule has 6 atom stereocenters. The Morgan fingerprint density at radius 3 is 2.28 bits per heavy atom. The molecule has 4 amide bonds. The number of primary amides is 1. The number of nitrogens with zero attached hydrogens (tertiary/aromatic N) is 2. The number of nitrogens with two attached hydrogens (primary N) is 2. The minimum Gasteiger partial charge on any atom is -0.391 e. The third-order valence-corrected chi connectivity index (χ3v) is 5.58. The monoisotopic (exact) mass is 413 g/mol. The highest BCUT2D eigenvalue weighted by atomic mass is 16.3. The van der Waals surface area contributed by atoms with Crippen molar-refractivity contribution < 1.29 is 29.4 Å². The van der Waals surface area contributed by atoms with Crippen LogP contribution in [0.5, 0.6) is 0 Å². The van der Waals surface area contributed by atoms with Crippen molar-refractivity contribution in [3.63, 3.8) is 0 Å². The van der Waals surface area contributed by atoms with E-state index in [1.165, 1.54) is 23.6 Å². The van der Waals surface area contributed by atoms with Gasteiger partial charge in [-0.1, -0.05) is 0 Å². The highest BCUT2D eigenvalue weighted by molar-refractivity contribution is 5.92. The fourth-order valence-corrected chi connectivity index (χ4v) is 3.77. The fourth-order valence-electron chi connectivity index (χ4n) is 3.77. The number of likely N-dealkylation sites (tertiary alicyclic amines) is 2. The standard InChI is InChI=1S/C18H31N5O6/c1-9(24)13(19)18(29)23-6-3-4-12(23)17(28)22-7-5-11(8-22)16(27)21-14(10(2)25)15(20)26/h9-14,24-25H,3-8,19H2,1-2H3,(H2,20,26)(H,21,27)/t9?,10-,11+,12+,13+,14+/m1/s1. The Balaban J connectivity index is 1.98. The molecule has 7 N–H and O–H groups in total. The number of rotatable bonds is 7. The van der Waals surface area contributed by atoms with Gasteiger partial charge >= 0.3 is 0 Å². The highest BCUT2D eigenvalue weighted by Gasteiger charge is 2.42. The number of aliphatic hydroxyl groups excluding tert-OH is 2. The summed E-state index contributed by atoms with van der Waals surface area (Å²) in [7, 11) is 0. The second-order valence-electron chi connectivity index (χ2n) is 7.86. The lowest BCUT2D eigenvalue weighted by molar-refractivity contribution is -0.145. The first-order valence-electron chi connectivity index (χ1n) is 9.85. The van der Waals surface area contributed by atoms with Gasteiger partial charge in [0.2, 0.25) is 23.6 Å². The summed E-state index contributed by atoms with van der Waals surface area (Å²) in [5.74, 6) is -2.56. The van der Waals surface area contributed by atoms with Crippen molar-refractivity contribution in [2.75, 3.05) is 19.6 Å². The van der Waals surface area contributed by atoms with Crippen LogP contribution in [0.3, 0.4) is 0 Å². The van der Waals surface area contributed by atoms with Gasteiger partial charge in [0, 0.05) is 19.6 Å². The molecule has 0 aromatic heterocycles. The SMILES string of the molecule is CC(O)[C@H](N)C(=O)N1CCC[C@H]1C(=O)N1CC[C@H](C(=O)N[C@H](C(N)=O)[C@@H](C)O)C1. The van der Waals surface area contributed by atoms with Gasteiger partial charge in [-0.15, -0.1) is 0 Å². The Bertz CT molecular complexity index is 655. The molecule has 11 nitrogen and oxygen atoms in total. The van der Waals surface area contributed by atoms with E-state index in [9.17, 15) is 29.4 Å². The smallest absolute Gasteiger partial charge is 0.245 e. The van der Waals surface area contributed by atoms with Gasteiger partial charge in [0.25, 0.3) is 0 Å². The van der Waals surface area contributed by atoms with E-state index >= 15 is 0 Å². The van der Waals surface area contributed by atoms with Crippen LogP contribution in [0, 0.1) is 5.92 Å². The molecule has 0 bridgehead atoms. The largest absolute Gasteiger partial charge is 0.391 e. The van der Waals surface area contributed by atoms with Crippen LogP contribution in [0.2, 0.25) is 0 Å². The Hall–Kier alpha value is -2.24. The van der Waals surface area contributed by atoms with Gasteiger partial charge in [-0.3, -0.25) is 19.2 Å². The molecule has 11 heteroatoms. The first-order valence-corrected chi connectivity index (χ1v) is 9.85. The summed E-state index contributed by atoms with van der Waals surface area (Å²) in [5, 5.41) is 21.6. The average Bonchev–Trinajstić information content (AvgIpc) is 3.32. The second kappa shape index (κ2) is 9.51. The lowest BCUT2D eigenvalue weighted by atomic mass is 10.1. The maximum Gasteiger partial charge on any atom is 0.245 e. The first-order chi connectivity index (χ1) is 13.5. The third-order valence-electron chi connectivity index (χ3n) is 5.58. The summed E-state index contributed by atoms with van der Waals surface area (Å²) in [5.41, 5.74) is 10.9. The van der Waals surface area contributed by atoms with Crippen LogP contribution < -0.4 is 16.8 Å². The van der Waals surface area contributed by atoms with Gasteiger partial charge in [0.15, 0.2) is 0 Å². The Labute approximate surface area is 169 Å². The van der Waals surface area contributed by atoms with Crippen LogP contribution in [0.25, 0.3) is 0 Å². The zero-order valence-electron chi connectivity index (χ0n) is 16.8. The minimum atomic E-state index is -1.20. The molecule has 0 aliphatic carbocycles.